The third-order valence-electron chi connectivity index (χ3n) is 4.50. The van der Waals surface area contributed by atoms with Gasteiger partial charge in [-0.25, -0.2) is 4.79 Å². The Bertz CT molecular complexity index is 403. The Morgan fingerprint density at radius 3 is 2.50 bits per heavy atom. The number of carbonyl (C=O) groups is 1. The molecule has 0 aromatic rings. The molecule has 2 fully saturated rings. The fourth-order valence-corrected chi connectivity index (χ4v) is 3.08. The van der Waals surface area contributed by atoms with Gasteiger partial charge >= 0.3 is 12.2 Å². The highest BCUT2D eigenvalue weighted by atomic mass is 19.4. The number of hydrogen-bond acceptors (Lipinski definition) is 4. The van der Waals surface area contributed by atoms with Crippen LogP contribution >= 0.6 is 0 Å². The number of nitrogens with zero attached hydrogens (tertiary/aromatic N) is 3. The second kappa shape index (κ2) is 8.87. The number of rotatable bonds is 4. The van der Waals surface area contributed by atoms with Crippen molar-refractivity contribution >= 4 is 6.03 Å². The zero-order chi connectivity index (χ0) is 17.6. The van der Waals surface area contributed by atoms with Crippen molar-refractivity contribution < 1.29 is 22.7 Å². The number of carbonyl (C=O) groups excluding carboxylic acids is 1. The number of amides is 2. The van der Waals surface area contributed by atoms with Gasteiger partial charge in [0.15, 0.2) is 0 Å². The predicted octanol–water partition coefficient (Wildman–Crippen LogP) is 0.987. The molecule has 0 saturated carbocycles. The Hall–Kier alpha value is -1.06. The average molecular weight is 352 g/mol. The first-order chi connectivity index (χ1) is 11.3. The minimum absolute atomic E-state index is 0.191. The molecule has 0 bridgehead atoms. The van der Waals surface area contributed by atoms with Crippen molar-refractivity contribution in [2.24, 2.45) is 0 Å². The summed E-state index contributed by atoms with van der Waals surface area (Å²) in [6, 6.07) is 0.0236. The maximum atomic E-state index is 12.5. The number of morpholine rings is 1. The summed E-state index contributed by atoms with van der Waals surface area (Å²) < 4.78 is 42.7. The molecule has 2 aliphatic rings. The van der Waals surface area contributed by atoms with E-state index in [4.69, 9.17) is 4.74 Å². The van der Waals surface area contributed by atoms with Crippen LogP contribution in [-0.2, 0) is 4.74 Å². The summed E-state index contributed by atoms with van der Waals surface area (Å²) in [5.74, 6) is 0. The third-order valence-corrected chi connectivity index (χ3v) is 4.50. The van der Waals surface area contributed by atoms with E-state index in [1.165, 1.54) is 4.90 Å². The van der Waals surface area contributed by atoms with E-state index in [-0.39, 0.29) is 18.6 Å². The Morgan fingerprint density at radius 2 is 1.83 bits per heavy atom. The minimum atomic E-state index is -4.19. The first kappa shape index (κ1) is 19.3. The standard InChI is InChI=1S/C15H27F3N4O2/c1-13(21-7-9-24-10-8-21)11-19-14(23)22-4-2-3-20(5-6-22)12-15(16,17)18/h13H,2-12H2,1H3,(H,19,23). The highest BCUT2D eigenvalue weighted by Gasteiger charge is 2.32. The van der Waals surface area contributed by atoms with E-state index in [1.807, 2.05) is 0 Å². The van der Waals surface area contributed by atoms with Gasteiger partial charge in [0.1, 0.15) is 0 Å². The van der Waals surface area contributed by atoms with Gasteiger partial charge in [-0.1, -0.05) is 0 Å². The Morgan fingerprint density at radius 1 is 1.12 bits per heavy atom. The fourth-order valence-electron chi connectivity index (χ4n) is 3.08. The van der Waals surface area contributed by atoms with Crippen LogP contribution in [0.5, 0.6) is 0 Å². The molecule has 140 valence electrons. The van der Waals surface area contributed by atoms with Crippen LogP contribution in [-0.4, -0.2) is 98.5 Å². The number of alkyl halides is 3. The van der Waals surface area contributed by atoms with Crippen LogP contribution in [0.25, 0.3) is 0 Å². The molecule has 0 aromatic carbocycles. The van der Waals surface area contributed by atoms with Crippen LogP contribution in [0.15, 0.2) is 0 Å². The molecule has 0 radical (unpaired) electrons. The molecule has 0 aromatic heterocycles. The monoisotopic (exact) mass is 352 g/mol. The molecule has 1 N–H and O–H groups in total. The van der Waals surface area contributed by atoms with Gasteiger partial charge in [0, 0.05) is 51.9 Å². The van der Waals surface area contributed by atoms with Crippen LogP contribution in [0.3, 0.4) is 0 Å². The topological polar surface area (TPSA) is 48.1 Å². The lowest BCUT2D eigenvalue weighted by atomic mass is 10.2. The lowest BCUT2D eigenvalue weighted by molar-refractivity contribution is -0.145. The first-order valence-corrected chi connectivity index (χ1v) is 8.49. The molecule has 1 unspecified atom stereocenters. The minimum Gasteiger partial charge on any atom is -0.379 e. The van der Waals surface area contributed by atoms with Crippen LogP contribution in [0.4, 0.5) is 18.0 Å². The predicted molar refractivity (Wildman–Crippen MR) is 83.9 cm³/mol. The van der Waals surface area contributed by atoms with E-state index in [1.54, 1.807) is 4.90 Å². The van der Waals surface area contributed by atoms with Gasteiger partial charge in [0.25, 0.3) is 0 Å². The van der Waals surface area contributed by atoms with E-state index in [0.717, 1.165) is 13.1 Å². The molecule has 2 saturated heterocycles. The van der Waals surface area contributed by atoms with Crippen molar-refractivity contribution in [3.8, 4) is 0 Å². The van der Waals surface area contributed by atoms with Crippen LogP contribution in [0, 0.1) is 0 Å². The summed E-state index contributed by atoms with van der Waals surface area (Å²) in [6.07, 6.45) is -3.63. The number of urea groups is 1. The molecule has 24 heavy (non-hydrogen) atoms. The van der Waals surface area contributed by atoms with Crippen LogP contribution < -0.4 is 5.32 Å². The maximum Gasteiger partial charge on any atom is 0.401 e. The Balaban J connectivity index is 1.72. The fraction of sp³-hybridized carbons (Fsp3) is 0.933. The van der Waals surface area contributed by atoms with E-state index < -0.39 is 12.7 Å². The first-order valence-electron chi connectivity index (χ1n) is 8.49. The van der Waals surface area contributed by atoms with E-state index in [0.29, 0.717) is 45.8 Å². The second-order valence-corrected chi connectivity index (χ2v) is 6.42. The average Bonchev–Trinajstić information content (AvgIpc) is 2.77. The number of halogens is 3. The van der Waals surface area contributed by atoms with E-state index in [2.05, 4.69) is 17.1 Å². The number of nitrogens with one attached hydrogen (secondary N) is 1. The molecule has 2 aliphatic heterocycles. The van der Waals surface area contributed by atoms with Crippen molar-refractivity contribution in [1.82, 2.24) is 20.0 Å². The molecule has 2 amide bonds. The molecule has 1 atom stereocenters. The van der Waals surface area contributed by atoms with Crippen LogP contribution in [0.2, 0.25) is 0 Å². The maximum absolute atomic E-state index is 12.5. The zero-order valence-electron chi connectivity index (χ0n) is 14.1. The summed E-state index contributed by atoms with van der Waals surface area (Å²) in [7, 11) is 0. The van der Waals surface area contributed by atoms with E-state index in [9.17, 15) is 18.0 Å². The van der Waals surface area contributed by atoms with Gasteiger partial charge in [-0.15, -0.1) is 0 Å². The lowest BCUT2D eigenvalue weighted by Gasteiger charge is -2.32. The smallest absolute Gasteiger partial charge is 0.379 e. The van der Waals surface area contributed by atoms with Gasteiger partial charge in [0.05, 0.1) is 19.8 Å². The summed E-state index contributed by atoms with van der Waals surface area (Å²) in [6.45, 7) is 6.25. The molecular weight excluding hydrogens is 325 g/mol. The Labute approximate surface area is 140 Å². The molecule has 2 heterocycles. The summed E-state index contributed by atoms with van der Waals surface area (Å²) >= 11 is 0. The highest BCUT2D eigenvalue weighted by Crippen LogP contribution is 2.17. The molecule has 0 spiro atoms. The molecule has 9 heteroatoms. The van der Waals surface area contributed by atoms with E-state index >= 15 is 0 Å². The van der Waals surface area contributed by atoms with Crippen LogP contribution in [0.1, 0.15) is 13.3 Å². The molecular formula is C15H27F3N4O2. The lowest BCUT2D eigenvalue weighted by Crippen LogP contribution is -2.50. The van der Waals surface area contributed by atoms with Crippen molar-refractivity contribution in [3.63, 3.8) is 0 Å². The van der Waals surface area contributed by atoms with Crippen molar-refractivity contribution in [3.05, 3.63) is 0 Å². The van der Waals surface area contributed by atoms with Gasteiger partial charge in [-0.2, -0.15) is 13.2 Å². The molecule has 0 aliphatic carbocycles. The largest absolute Gasteiger partial charge is 0.401 e. The third kappa shape index (κ3) is 6.45. The second-order valence-electron chi connectivity index (χ2n) is 6.42. The van der Waals surface area contributed by atoms with Gasteiger partial charge < -0.3 is 15.0 Å². The van der Waals surface area contributed by atoms with Crippen molar-refractivity contribution in [1.29, 1.82) is 0 Å². The summed E-state index contributed by atoms with van der Waals surface area (Å²) in [4.78, 5) is 17.5. The number of ether oxygens (including phenoxy) is 1. The number of hydrogen-bond donors (Lipinski definition) is 1. The molecule has 6 nitrogen and oxygen atoms in total. The van der Waals surface area contributed by atoms with Crippen molar-refractivity contribution in [2.75, 3.05) is 65.6 Å². The summed E-state index contributed by atoms with van der Waals surface area (Å²) in [5, 5.41) is 2.90. The van der Waals surface area contributed by atoms with Gasteiger partial charge in [0.2, 0.25) is 0 Å². The summed E-state index contributed by atoms with van der Waals surface area (Å²) in [5.41, 5.74) is 0. The zero-order valence-corrected chi connectivity index (χ0v) is 14.1. The van der Waals surface area contributed by atoms with Gasteiger partial charge in [-0.3, -0.25) is 9.80 Å². The normalized spacial score (nSPS) is 22.9. The Kier molecular flexibility index (Phi) is 7.12. The SMILES string of the molecule is CC(CNC(=O)N1CCCN(CC(F)(F)F)CC1)N1CCOCC1. The van der Waals surface area contributed by atoms with Crippen molar-refractivity contribution in [2.45, 2.75) is 25.6 Å². The molecule has 2 rings (SSSR count). The quantitative estimate of drug-likeness (QED) is 0.820. The van der Waals surface area contributed by atoms with Gasteiger partial charge in [-0.05, 0) is 13.3 Å². The highest BCUT2D eigenvalue weighted by molar-refractivity contribution is 5.74.